The maximum atomic E-state index is 12.5. The molecule has 1 saturated carbocycles. The lowest BCUT2D eigenvalue weighted by Gasteiger charge is -2.29. The second kappa shape index (κ2) is 9.21. The summed E-state index contributed by atoms with van der Waals surface area (Å²) in [4.78, 5) is 24.6. The first kappa shape index (κ1) is 19.0. The fraction of sp³-hybridized carbons (Fsp3) is 0.364. The minimum atomic E-state index is -0.513. The molecule has 0 saturated heterocycles. The zero-order chi connectivity index (χ0) is 19.1. The quantitative estimate of drug-likeness (QED) is 0.749. The molecule has 1 aliphatic carbocycles. The number of hydrogen-bond acceptors (Lipinski definition) is 4. The Labute approximate surface area is 160 Å². The van der Waals surface area contributed by atoms with E-state index in [0.717, 1.165) is 24.9 Å². The van der Waals surface area contributed by atoms with E-state index in [-0.39, 0.29) is 18.6 Å². The first-order valence-electron chi connectivity index (χ1n) is 9.51. The highest BCUT2D eigenvalue weighted by atomic mass is 16.5. The number of rotatable bonds is 6. The van der Waals surface area contributed by atoms with Gasteiger partial charge in [-0.3, -0.25) is 4.79 Å². The summed E-state index contributed by atoms with van der Waals surface area (Å²) in [7, 11) is 0. The first-order chi connectivity index (χ1) is 13.1. The molecule has 0 aromatic heterocycles. The van der Waals surface area contributed by atoms with E-state index in [4.69, 9.17) is 4.74 Å². The molecule has 1 amide bonds. The van der Waals surface area contributed by atoms with Crippen LogP contribution in [0, 0.1) is 5.92 Å². The van der Waals surface area contributed by atoms with Crippen LogP contribution in [0.4, 0.5) is 11.4 Å². The Morgan fingerprint density at radius 3 is 2.48 bits per heavy atom. The molecule has 142 valence electrons. The average Bonchev–Trinajstić information content (AvgIpc) is 2.69. The van der Waals surface area contributed by atoms with Crippen molar-refractivity contribution in [2.45, 2.75) is 38.6 Å². The maximum Gasteiger partial charge on any atom is 0.340 e. The van der Waals surface area contributed by atoms with Crippen molar-refractivity contribution in [3.05, 3.63) is 60.2 Å². The number of amides is 1. The average molecular weight is 366 g/mol. The number of carbonyl (C=O) groups is 2. The van der Waals surface area contributed by atoms with E-state index in [1.54, 1.807) is 12.1 Å². The van der Waals surface area contributed by atoms with Crippen LogP contribution in [-0.2, 0) is 9.53 Å². The Balaban J connectivity index is 1.57. The van der Waals surface area contributed by atoms with Crippen molar-refractivity contribution in [1.29, 1.82) is 0 Å². The summed E-state index contributed by atoms with van der Waals surface area (Å²) in [5.74, 6) is -0.286. The van der Waals surface area contributed by atoms with Crippen LogP contribution in [-0.4, -0.2) is 24.5 Å². The first-order valence-corrected chi connectivity index (χ1v) is 9.51. The summed E-state index contributed by atoms with van der Waals surface area (Å²) in [5, 5.41) is 6.21. The monoisotopic (exact) mass is 366 g/mol. The molecule has 0 heterocycles. The molecule has 0 radical (unpaired) electrons. The predicted molar refractivity (Wildman–Crippen MR) is 106 cm³/mol. The number of esters is 1. The van der Waals surface area contributed by atoms with Gasteiger partial charge >= 0.3 is 5.97 Å². The zero-order valence-electron chi connectivity index (χ0n) is 15.6. The van der Waals surface area contributed by atoms with Crippen molar-refractivity contribution in [2.24, 2.45) is 5.92 Å². The summed E-state index contributed by atoms with van der Waals surface area (Å²) in [6.45, 7) is 1.89. The number of nitrogens with one attached hydrogen (secondary N) is 2. The van der Waals surface area contributed by atoms with Gasteiger partial charge in [-0.15, -0.1) is 0 Å². The van der Waals surface area contributed by atoms with Crippen LogP contribution in [0.1, 0.15) is 43.0 Å². The van der Waals surface area contributed by atoms with Crippen LogP contribution >= 0.6 is 0 Å². The van der Waals surface area contributed by atoms with Crippen LogP contribution in [0.15, 0.2) is 54.6 Å². The highest BCUT2D eigenvalue weighted by Crippen LogP contribution is 2.24. The minimum Gasteiger partial charge on any atom is -0.452 e. The van der Waals surface area contributed by atoms with Gasteiger partial charge in [0.15, 0.2) is 6.61 Å². The van der Waals surface area contributed by atoms with Crippen molar-refractivity contribution in [1.82, 2.24) is 5.32 Å². The fourth-order valence-electron chi connectivity index (χ4n) is 3.44. The molecule has 0 unspecified atom stereocenters. The molecule has 2 aromatic rings. The lowest BCUT2D eigenvalue weighted by atomic mass is 9.86. The van der Waals surface area contributed by atoms with Crippen LogP contribution in [0.2, 0.25) is 0 Å². The highest BCUT2D eigenvalue weighted by molar-refractivity contribution is 5.97. The summed E-state index contributed by atoms with van der Waals surface area (Å²) < 4.78 is 5.25. The van der Waals surface area contributed by atoms with Crippen LogP contribution in [0.25, 0.3) is 0 Å². The Kier molecular flexibility index (Phi) is 6.47. The molecule has 2 aromatic carbocycles. The standard InChI is InChI=1S/C22H26N2O3/c1-16-9-5-7-13-19(16)24-21(25)15-27-22(26)18-12-6-8-14-20(18)23-17-10-3-2-4-11-17/h2-4,6,8,10-12,14,16,19,23H,5,7,9,13,15H2,1H3,(H,24,25)/t16-,19+/m1/s1. The molecular formula is C22H26N2O3. The van der Waals surface area contributed by atoms with Gasteiger partial charge < -0.3 is 15.4 Å². The molecule has 2 atom stereocenters. The normalized spacial score (nSPS) is 19.1. The summed E-state index contributed by atoms with van der Waals surface area (Å²) >= 11 is 0. The SMILES string of the molecule is C[C@@H]1CCCC[C@@H]1NC(=O)COC(=O)c1ccccc1Nc1ccccc1. The Morgan fingerprint density at radius 1 is 1.00 bits per heavy atom. The van der Waals surface area contributed by atoms with Crippen molar-refractivity contribution in [2.75, 3.05) is 11.9 Å². The fourth-order valence-corrected chi connectivity index (χ4v) is 3.44. The van der Waals surface area contributed by atoms with E-state index in [0.29, 0.717) is 17.2 Å². The molecule has 3 rings (SSSR count). The molecule has 1 aliphatic rings. The number of hydrogen-bond donors (Lipinski definition) is 2. The predicted octanol–water partition coefficient (Wildman–Crippen LogP) is 4.28. The van der Waals surface area contributed by atoms with E-state index in [9.17, 15) is 9.59 Å². The number of benzene rings is 2. The summed E-state index contributed by atoms with van der Waals surface area (Å²) in [6, 6.07) is 16.9. The van der Waals surface area contributed by atoms with E-state index >= 15 is 0 Å². The second-order valence-electron chi connectivity index (χ2n) is 7.05. The smallest absolute Gasteiger partial charge is 0.340 e. The zero-order valence-corrected chi connectivity index (χ0v) is 15.6. The Hall–Kier alpha value is -2.82. The minimum absolute atomic E-state index is 0.178. The Bertz CT molecular complexity index is 776. The Morgan fingerprint density at radius 2 is 1.70 bits per heavy atom. The molecule has 5 nitrogen and oxygen atoms in total. The summed E-state index contributed by atoms with van der Waals surface area (Å²) in [6.07, 6.45) is 4.47. The van der Waals surface area contributed by atoms with E-state index in [1.165, 1.54) is 6.42 Å². The van der Waals surface area contributed by atoms with Gasteiger partial charge in [0.2, 0.25) is 0 Å². The van der Waals surface area contributed by atoms with E-state index < -0.39 is 5.97 Å². The number of para-hydroxylation sites is 2. The van der Waals surface area contributed by atoms with Gasteiger partial charge in [0.1, 0.15) is 0 Å². The molecular weight excluding hydrogens is 340 g/mol. The number of carbonyl (C=O) groups excluding carboxylic acids is 2. The largest absolute Gasteiger partial charge is 0.452 e. The van der Waals surface area contributed by atoms with Crippen LogP contribution < -0.4 is 10.6 Å². The molecule has 0 bridgehead atoms. The molecule has 0 aliphatic heterocycles. The molecule has 0 spiro atoms. The van der Waals surface area contributed by atoms with Crippen LogP contribution in [0.5, 0.6) is 0 Å². The second-order valence-corrected chi connectivity index (χ2v) is 7.05. The van der Waals surface area contributed by atoms with Gasteiger partial charge in [-0.1, -0.05) is 50.1 Å². The van der Waals surface area contributed by atoms with E-state index in [1.807, 2.05) is 42.5 Å². The highest BCUT2D eigenvalue weighted by Gasteiger charge is 2.23. The summed E-state index contributed by atoms with van der Waals surface area (Å²) in [5.41, 5.74) is 1.93. The molecule has 2 N–H and O–H groups in total. The van der Waals surface area contributed by atoms with Crippen LogP contribution in [0.3, 0.4) is 0 Å². The van der Waals surface area contributed by atoms with Gasteiger partial charge in [-0.05, 0) is 43.0 Å². The van der Waals surface area contributed by atoms with E-state index in [2.05, 4.69) is 17.6 Å². The van der Waals surface area contributed by atoms with Crippen molar-refractivity contribution >= 4 is 23.3 Å². The van der Waals surface area contributed by atoms with Gasteiger partial charge in [0.05, 0.1) is 11.3 Å². The maximum absolute atomic E-state index is 12.5. The molecule has 5 heteroatoms. The third-order valence-corrected chi connectivity index (χ3v) is 4.99. The number of ether oxygens (including phenoxy) is 1. The lowest BCUT2D eigenvalue weighted by molar-refractivity contribution is -0.125. The number of anilines is 2. The topological polar surface area (TPSA) is 67.4 Å². The third-order valence-electron chi connectivity index (χ3n) is 4.99. The van der Waals surface area contributed by atoms with Crippen molar-refractivity contribution in [3.63, 3.8) is 0 Å². The van der Waals surface area contributed by atoms with Gasteiger partial charge in [0, 0.05) is 11.7 Å². The van der Waals surface area contributed by atoms with Crippen molar-refractivity contribution < 1.29 is 14.3 Å². The molecule has 27 heavy (non-hydrogen) atoms. The van der Waals surface area contributed by atoms with Crippen molar-refractivity contribution in [3.8, 4) is 0 Å². The van der Waals surface area contributed by atoms with Gasteiger partial charge in [0.25, 0.3) is 5.91 Å². The van der Waals surface area contributed by atoms with Gasteiger partial charge in [-0.2, -0.15) is 0 Å². The molecule has 1 fully saturated rings. The third kappa shape index (κ3) is 5.33. The lowest BCUT2D eigenvalue weighted by Crippen LogP contribution is -2.42. The van der Waals surface area contributed by atoms with Gasteiger partial charge in [-0.25, -0.2) is 4.79 Å².